The standard InChI is InChI=1S/C22H23FN4O/c23-17-2-3-20-19(14-17)18(4-9-25-20)16-5-11-27(12-6-16)22(7-1-8-22)21(28)26-13-10-24-15-26/h2-4,9-10,13-16H,1,5-8,11-12H2. The first kappa shape index (κ1) is 17.5. The molecule has 6 heteroatoms. The smallest absolute Gasteiger partial charge is 0.252 e. The van der Waals surface area contributed by atoms with E-state index in [9.17, 15) is 9.18 Å². The van der Waals surface area contributed by atoms with Crippen LogP contribution in [0, 0.1) is 5.82 Å². The van der Waals surface area contributed by atoms with Gasteiger partial charge in [-0.05, 0) is 80.9 Å². The van der Waals surface area contributed by atoms with Crippen LogP contribution < -0.4 is 0 Å². The molecule has 28 heavy (non-hydrogen) atoms. The largest absolute Gasteiger partial charge is 0.289 e. The minimum absolute atomic E-state index is 0.145. The van der Waals surface area contributed by atoms with E-state index in [1.165, 1.54) is 11.6 Å². The molecule has 2 aromatic heterocycles. The first-order chi connectivity index (χ1) is 13.7. The normalized spacial score (nSPS) is 20.2. The third-order valence-corrected chi connectivity index (χ3v) is 6.60. The molecule has 0 atom stereocenters. The van der Waals surface area contributed by atoms with Gasteiger partial charge >= 0.3 is 0 Å². The van der Waals surface area contributed by atoms with Crippen LogP contribution in [0.5, 0.6) is 0 Å². The fourth-order valence-corrected chi connectivity index (χ4v) is 4.91. The summed E-state index contributed by atoms with van der Waals surface area (Å²) in [4.78, 5) is 23.9. The Labute approximate surface area is 163 Å². The van der Waals surface area contributed by atoms with Crippen molar-refractivity contribution < 1.29 is 9.18 Å². The average molecular weight is 378 g/mol. The van der Waals surface area contributed by atoms with Crippen LogP contribution in [0.15, 0.2) is 49.2 Å². The second-order valence-corrected chi connectivity index (χ2v) is 7.98. The number of carbonyl (C=O) groups excluding carboxylic acids is 1. The zero-order chi connectivity index (χ0) is 19.1. The van der Waals surface area contributed by atoms with Crippen LogP contribution in [0.25, 0.3) is 10.9 Å². The summed E-state index contributed by atoms with van der Waals surface area (Å²) < 4.78 is 15.4. The molecule has 1 aliphatic heterocycles. The van der Waals surface area contributed by atoms with Gasteiger partial charge < -0.3 is 0 Å². The maximum Gasteiger partial charge on any atom is 0.252 e. The van der Waals surface area contributed by atoms with Gasteiger partial charge in [0, 0.05) is 24.0 Å². The number of piperidine rings is 1. The molecule has 5 nitrogen and oxygen atoms in total. The van der Waals surface area contributed by atoms with Crippen molar-refractivity contribution in [2.24, 2.45) is 0 Å². The monoisotopic (exact) mass is 378 g/mol. The van der Waals surface area contributed by atoms with Gasteiger partial charge in [0.15, 0.2) is 0 Å². The summed E-state index contributed by atoms with van der Waals surface area (Å²) >= 11 is 0. The molecular formula is C22H23FN4O. The number of carbonyl (C=O) groups is 1. The number of fused-ring (bicyclic) bond motifs is 1. The van der Waals surface area contributed by atoms with Crippen LogP contribution in [0.4, 0.5) is 4.39 Å². The summed E-state index contributed by atoms with van der Waals surface area (Å²) in [6.45, 7) is 1.76. The molecule has 0 amide bonds. The van der Waals surface area contributed by atoms with Crippen LogP contribution in [0.3, 0.4) is 0 Å². The highest BCUT2D eigenvalue weighted by Gasteiger charge is 2.50. The molecule has 0 unspecified atom stereocenters. The van der Waals surface area contributed by atoms with Gasteiger partial charge in [-0.3, -0.25) is 19.2 Å². The molecule has 0 bridgehead atoms. The first-order valence-electron chi connectivity index (χ1n) is 9.99. The maximum absolute atomic E-state index is 13.8. The third kappa shape index (κ3) is 2.75. The fourth-order valence-electron chi connectivity index (χ4n) is 4.91. The minimum Gasteiger partial charge on any atom is -0.289 e. The van der Waals surface area contributed by atoms with Gasteiger partial charge in [-0.1, -0.05) is 0 Å². The highest BCUT2D eigenvalue weighted by molar-refractivity contribution is 5.89. The second-order valence-electron chi connectivity index (χ2n) is 7.98. The molecule has 0 radical (unpaired) electrons. The highest BCUT2D eigenvalue weighted by atomic mass is 19.1. The predicted molar refractivity (Wildman–Crippen MR) is 105 cm³/mol. The Morgan fingerprint density at radius 2 is 1.96 bits per heavy atom. The molecule has 5 rings (SSSR count). The molecule has 1 saturated carbocycles. The molecule has 2 aliphatic rings. The number of nitrogens with zero attached hydrogens (tertiary/aromatic N) is 4. The van der Waals surface area contributed by atoms with E-state index in [-0.39, 0.29) is 17.3 Å². The molecule has 144 valence electrons. The van der Waals surface area contributed by atoms with E-state index < -0.39 is 0 Å². The Kier molecular flexibility index (Phi) is 4.23. The van der Waals surface area contributed by atoms with Crippen LogP contribution in [-0.4, -0.2) is 44.0 Å². The van der Waals surface area contributed by atoms with E-state index in [2.05, 4.69) is 14.9 Å². The number of hydrogen-bond donors (Lipinski definition) is 0. The Morgan fingerprint density at radius 3 is 2.64 bits per heavy atom. The van der Waals surface area contributed by atoms with Gasteiger partial charge in [0.25, 0.3) is 5.91 Å². The van der Waals surface area contributed by atoms with Crippen LogP contribution in [-0.2, 0) is 0 Å². The molecular weight excluding hydrogens is 355 g/mol. The molecule has 1 aliphatic carbocycles. The molecule has 1 aromatic carbocycles. The first-order valence-corrected chi connectivity index (χ1v) is 9.99. The van der Waals surface area contributed by atoms with Gasteiger partial charge in [-0.15, -0.1) is 0 Å². The summed E-state index contributed by atoms with van der Waals surface area (Å²) in [5, 5.41) is 0.911. The van der Waals surface area contributed by atoms with Crippen molar-refractivity contribution in [3.8, 4) is 0 Å². The van der Waals surface area contributed by atoms with Crippen molar-refractivity contribution in [1.82, 2.24) is 19.4 Å². The lowest BCUT2D eigenvalue weighted by molar-refractivity contribution is -0.000303. The summed E-state index contributed by atoms with van der Waals surface area (Å²) in [7, 11) is 0. The number of likely N-dealkylation sites (tertiary alicyclic amines) is 1. The SMILES string of the molecule is O=C(n1ccnc1)C1(N2CCC(c3ccnc4ccc(F)cc34)CC2)CCC1. The zero-order valence-corrected chi connectivity index (χ0v) is 15.7. The number of halogens is 1. The van der Waals surface area contributed by atoms with Crippen molar-refractivity contribution in [3.05, 3.63) is 60.6 Å². The van der Waals surface area contributed by atoms with Crippen molar-refractivity contribution in [3.63, 3.8) is 0 Å². The third-order valence-electron chi connectivity index (χ3n) is 6.60. The van der Waals surface area contributed by atoms with E-state index in [1.807, 2.05) is 12.3 Å². The van der Waals surface area contributed by atoms with Gasteiger partial charge in [-0.2, -0.15) is 0 Å². The lowest BCUT2D eigenvalue weighted by Crippen LogP contribution is -2.62. The topological polar surface area (TPSA) is 51.0 Å². The van der Waals surface area contributed by atoms with Gasteiger partial charge in [0.2, 0.25) is 0 Å². The summed E-state index contributed by atoms with van der Waals surface area (Å²) in [5.74, 6) is 0.286. The number of aromatic nitrogens is 3. The Morgan fingerprint density at radius 1 is 1.14 bits per heavy atom. The van der Waals surface area contributed by atoms with Crippen LogP contribution in [0.1, 0.15) is 48.4 Å². The van der Waals surface area contributed by atoms with E-state index in [0.717, 1.165) is 56.1 Å². The molecule has 1 saturated heterocycles. The molecule has 0 spiro atoms. The number of rotatable bonds is 3. The second kappa shape index (κ2) is 6.78. The van der Waals surface area contributed by atoms with E-state index in [4.69, 9.17) is 0 Å². The molecule has 3 aromatic rings. The molecule has 0 N–H and O–H groups in total. The van der Waals surface area contributed by atoms with E-state index >= 15 is 0 Å². The Hall–Kier alpha value is -2.60. The quantitative estimate of drug-likeness (QED) is 0.691. The summed E-state index contributed by atoms with van der Waals surface area (Å²) in [6, 6.07) is 6.83. The molecule has 2 fully saturated rings. The van der Waals surface area contributed by atoms with Crippen LogP contribution in [0.2, 0.25) is 0 Å². The van der Waals surface area contributed by atoms with Gasteiger partial charge in [-0.25, -0.2) is 9.37 Å². The molecule has 3 heterocycles. The number of benzene rings is 1. The van der Waals surface area contributed by atoms with E-state index in [0.29, 0.717) is 5.92 Å². The van der Waals surface area contributed by atoms with E-state index in [1.54, 1.807) is 35.4 Å². The summed E-state index contributed by atoms with van der Waals surface area (Å²) in [5.41, 5.74) is 1.64. The lowest BCUT2D eigenvalue weighted by Gasteiger charge is -2.51. The van der Waals surface area contributed by atoms with Gasteiger partial charge in [0.05, 0.1) is 5.52 Å². The Balaban J connectivity index is 1.37. The average Bonchev–Trinajstić information content (AvgIpc) is 3.22. The van der Waals surface area contributed by atoms with Crippen LogP contribution >= 0.6 is 0 Å². The Bertz CT molecular complexity index is 1000. The predicted octanol–water partition coefficient (Wildman–Crippen LogP) is 4.01. The van der Waals surface area contributed by atoms with Crippen molar-refractivity contribution in [2.75, 3.05) is 13.1 Å². The minimum atomic E-state index is -0.377. The maximum atomic E-state index is 13.8. The number of hydrogen-bond acceptors (Lipinski definition) is 4. The zero-order valence-electron chi connectivity index (χ0n) is 15.7. The van der Waals surface area contributed by atoms with Crippen molar-refractivity contribution in [1.29, 1.82) is 0 Å². The van der Waals surface area contributed by atoms with Gasteiger partial charge in [0.1, 0.15) is 17.7 Å². The highest BCUT2D eigenvalue weighted by Crippen LogP contribution is 2.43. The number of imidazole rings is 1. The lowest BCUT2D eigenvalue weighted by atomic mass is 9.72. The number of pyridine rings is 1. The van der Waals surface area contributed by atoms with Crippen molar-refractivity contribution >= 4 is 16.8 Å². The summed E-state index contributed by atoms with van der Waals surface area (Å²) in [6.07, 6.45) is 11.7. The van der Waals surface area contributed by atoms with Crippen molar-refractivity contribution in [2.45, 2.75) is 43.6 Å². The fraction of sp³-hybridized carbons (Fsp3) is 0.409.